The molecular weight excluding hydrogens is 224 g/mol. The zero-order valence-corrected chi connectivity index (χ0v) is 10.0. The van der Waals surface area contributed by atoms with Crippen molar-refractivity contribution in [1.29, 1.82) is 0 Å². The third-order valence-corrected chi connectivity index (χ3v) is 2.81. The quantitative estimate of drug-likeness (QED) is 0.750. The number of imidazole rings is 1. The van der Waals surface area contributed by atoms with Crippen LogP contribution in [-0.2, 0) is 13.0 Å². The Morgan fingerprint density at radius 1 is 1.56 bits per heavy atom. The molecule has 4 heteroatoms. The number of halogens is 1. The molecule has 0 N–H and O–H groups in total. The van der Waals surface area contributed by atoms with Crippen molar-refractivity contribution in [2.45, 2.75) is 31.7 Å². The molecule has 0 fully saturated rings. The van der Waals surface area contributed by atoms with Crippen molar-refractivity contribution >= 4 is 11.6 Å². The van der Waals surface area contributed by atoms with Crippen LogP contribution in [0.2, 0.25) is 0 Å². The van der Waals surface area contributed by atoms with E-state index in [4.69, 9.17) is 16.0 Å². The van der Waals surface area contributed by atoms with E-state index in [0.717, 1.165) is 30.7 Å². The second-order valence-corrected chi connectivity index (χ2v) is 4.60. The minimum atomic E-state index is 0.111. The van der Waals surface area contributed by atoms with Crippen molar-refractivity contribution in [3.05, 3.63) is 42.4 Å². The van der Waals surface area contributed by atoms with Gasteiger partial charge in [-0.2, -0.15) is 0 Å². The summed E-state index contributed by atoms with van der Waals surface area (Å²) in [5.41, 5.74) is 1.16. The maximum atomic E-state index is 6.24. The Hall–Kier alpha value is -1.22. The highest BCUT2D eigenvalue weighted by molar-refractivity contribution is 6.20. The van der Waals surface area contributed by atoms with Gasteiger partial charge in [-0.25, -0.2) is 4.98 Å². The summed E-state index contributed by atoms with van der Waals surface area (Å²) in [6.45, 7) is 2.82. The summed E-state index contributed by atoms with van der Waals surface area (Å²) in [6.07, 6.45) is 9.04. The van der Waals surface area contributed by atoms with E-state index in [9.17, 15) is 0 Å². The normalized spacial score (nSPS) is 12.9. The van der Waals surface area contributed by atoms with Crippen molar-refractivity contribution in [3.63, 3.8) is 0 Å². The minimum Gasteiger partial charge on any atom is -0.469 e. The predicted octanol–water partition coefficient (Wildman–Crippen LogP) is 3.02. The molecule has 0 radical (unpaired) electrons. The molecule has 0 spiro atoms. The topological polar surface area (TPSA) is 31.0 Å². The first-order valence-corrected chi connectivity index (χ1v) is 5.81. The second-order valence-electron chi connectivity index (χ2n) is 3.99. The molecule has 0 saturated heterocycles. The zero-order valence-electron chi connectivity index (χ0n) is 9.27. The van der Waals surface area contributed by atoms with Crippen LogP contribution in [0, 0.1) is 6.92 Å². The summed E-state index contributed by atoms with van der Waals surface area (Å²) in [4.78, 5) is 3.98. The largest absolute Gasteiger partial charge is 0.469 e. The van der Waals surface area contributed by atoms with E-state index in [1.807, 2.05) is 17.7 Å². The number of hydrogen-bond donors (Lipinski definition) is 0. The summed E-state index contributed by atoms with van der Waals surface area (Å²) in [5, 5.41) is 0.111. The number of aromatic nitrogens is 2. The van der Waals surface area contributed by atoms with Gasteiger partial charge in [0.1, 0.15) is 5.76 Å². The number of furan rings is 1. The molecule has 2 aromatic heterocycles. The van der Waals surface area contributed by atoms with Gasteiger partial charge in [-0.3, -0.25) is 0 Å². The van der Waals surface area contributed by atoms with Crippen LogP contribution in [0.5, 0.6) is 0 Å². The monoisotopic (exact) mass is 238 g/mol. The Kier molecular flexibility index (Phi) is 3.67. The fraction of sp³-hybridized carbons (Fsp3) is 0.417. The van der Waals surface area contributed by atoms with Gasteiger partial charge in [0.25, 0.3) is 0 Å². The van der Waals surface area contributed by atoms with E-state index < -0.39 is 0 Å². The van der Waals surface area contributed by atoms with Gasteiger partial charge in [-0.15, -0.1) is 11.6 Å². The standard InChI is InChI=1S/C12H15ClN2O/c1-10-6-12(16-8-10)3-2-11(13)7-15-5-4-14-9-15/h4-6,8-9,11H,2-3,7H2,1H3. The Labute approximate surface area is 100 Å². The molecule has 1 atom stereocenters. The fourth-order valence-electron chi connectivity index (χ4n) is 1.64. The molecule has 0 aliphatic heterocycles. The second kappa shape index (κ2) is 5.21. The van der Waals surface area contributed by atoms with Gasteiger partial charge < -0.3 is 8.98 Å². The first-order valence-electron chi connectivity index (χ1n) is 5.38. The lowest BCUT2D eigenvalue weighted by molar-refractivity contribution is 0.491. The first-order chi connectivity index (χ1) is 7.74. The zero-order chi connectivity index (χ0) is 11.4. The van der Waals surface area contributed by atoms with Crippen molar-refractivity contribution < 1.29 is 4.42 Å². The van der Waals surface area contributed by atoms with Gasteiger partial charge in [0.15, 0.2) is 0 Å². The average molecular weight is 239 g/mol. The summed E-state index contributed by atoms with van der Waals surface area (Å²) in [6, 6.07) is 2.06. The number of nitrogens with zero attached hydrogens (tertiary/aromatic N) is 2. The summed E-state index contributed by atoms with van der Waals surface area (Å²) in [7, 11) is 0. The third-order valence-electron chi connectivity index (χ3n) is 2.46. The van der Waals surface area contributed by atoms with E-state index in [1.165, 1.54) is 0 Å². The summed E-state index contributed by atoms with van der Waals surface area (Å²) < 4.78 is 7.36. The molecule has 0 bridgehead atoms. The predicted molar refractivity (Wildman–Crippen MR) is 63.6 cm³/mol. The fourth-order valence-corrected chi connectivity index (χ4v) is 1.90. The van der Waals surface area contributed by atoms with Crippen LogP contribution in [0.25, 0.3) is 0 Å². The molecule has 2 rings (SSSR count). The van der Waals surface area contributed by atoms with E-state index >= 15 is 0 Å². The first kappa shape index (κ1) is 11.3. The number of aryl methyl sites for hydroxylation is 2. The molecule has 0 aromatic carbocycles. The Morgan fingerprint density at radius 2 is 2.44 bits per heavy atom. The Morgan fingerprint density at radius 3 is 3.06 bits per heavy atom. The maximum absolute atomic E-state index is 6.24. The van der Waals surface area contributed by atoms with Crippen molar-refractivity contribution in [1.82, 2.24) is 9.55 Å². The lowest BCUT2D eigenvalue weighted by Crippen LogP contribution is -2.09. The molecule has 16 heavy (non-hydrogen) atoms. The lowest BCUT2D eigenvalue weighted by atomic mass is 10.2. The summed E-state index contributed by atoms with van der Waals surface area (Å²) in [5.74, 6) is 1.01. The number of rotatable bonds is 5. The van der Waals surface area contributed by atoms with Crippen LogP contribution in [0.15, 0.2) is 35.5 Å². The molecule has 0 saturated carbocycles. The third kappa shape index (κ3) is 3.14. The molecule has 86 valence electrons. The highest BCUT2D eigenvalue weighted by atomic mass is 35.5. The lowest BCUT2D eigenvalue weighted by Gasteiger charge is -2.08. The van der Waals surface area contributed by atoms with E-state index in [0.29, 0.717) is 0 Å². The molecule has 2 heterocycles. The van der Waals surface area contributed by atoms with Gasteiger partial charge in [0.05, 0.1) is 18.0 Å². The maximum Gasteiger partial charge on any atom is 0.104 e. The Balaban J connectivity index is 1.77. The SMILES string of the molecule is Cc1coc(CCC(Cl)Cn2ccnc2)c1. The van der Waals surface area contributed by atoms with Gasteiger partial charge in [-0.05, 0) is 25.0 Å². The van der Waals surface area contributed by atoms with Gasteiger partial charge >= 0.3 is 0 Å². The molecule has 2 aromatic rings. The smallest absolute Gasteiger partial charge is 0.104 e. The van der Waals surface area contributed by atoms with E-state index in [-0.39, 0.29) is 5.38 Å². The highest BCUT2D eigenvalue weighted by Gasteiger charge is 2.07. The number of alkyl halides is 1. The molecular formula is C12H15ClN2O. The van der Waals surface area contributed by atoms with Crippen LogP contribution in [0.3, 0.4) is 0 Å². The average Bonchev–Trinajstić information content (AvgIpc) is 2.87. The number of hydrogen-bond acceptors (Lipinski definition) is 2. The molecule has 0 aliphatic carbocycles. The van der Waals surface area contributed by atoms with Crippen molar-refractivity contribution in [2.24, 2.45) is 0 Å². The van der Waals surface area contributed by atoms with Crippen molar-refractivity contribution in [2.75, 3.05) is 0 Å². The summed E-state index contributed by atoms with van der Waals surface area (Å²) >= 11 is 6.24. The van der Waals surface area contributed by atoms with Crippen LogP contribution in [-0.4, -0.2) is 14.9 Å². The van der Waals surface area contributed by atoms with Crippen molar-refractivity contribution in [3.8, 4) is 0 Å². The van der Waals surface area contributed by atoms with Crippen LogP contribution < -0.4 is 0 Å². The molecule has 3 nitrogen and oxygen atoms in total. The van der Waals surface area contributed by atoms with Crippen LogP contribution in [0.1, 0.15) is 17.7 Å². The van der Waals surface area contributed by atoms with E-state index in [2.05, 4.69) is 11.1 Å². The molecule has 0 amide bonds. The Bertz CT molecular complexity index is 422. The van der Waals surface area contributed by atoms with E-state index in [1.54, 1.807) is 18.8 Å². The van der Waals surface area contributed by atoms with Gasteiger partial charge in [0.2, 0.25) is 0 Å². The van der Waals surface area contributed by atoms with Crippen LogP contribution >= 0.6 is 11.6 Å². The molecule has 1 unspecified atom stereocenters. The van der Waals surface area contributed by atoms with Gasteiger partial charge in [0, 0.05) is 25.4 Å². The highest BCUT2D eigenvalue weighted by Crippen LogP contribution is 2.13. The molecule has 0 aliphatic rings. The minimum absolute atomic E-state index is 0.111. The van der Waals surface area contributed by atoms with Gasteiger partial charge in [-0.1, -0.05) is 0 Å². The van der Waals surface area contributed by atoms with Crippen LogP contribution in [0.4, 0.5) is 0 Å².